The molecule has 2 unspecified atom stereocenters. The topological polar surface area (TPSA) is 99.6 Å². The first-order chi connectivity index (χ1) is 17.6. The average Bonchev–Trinajstić information content (AvgIpc) is 3.42. The number of nitrogens with one attached hydrogen (secondary N) is 2. The summed E-state index contributed by atoms with van der Waals surface area (Å²) in [6.45, 7) is 1.82. The van der Waals surface area contributed by atoms with Crippen LogP contribution in [-0.4, -0.2) is 45.0 Å². The fourth-order valence-electron chi connectivity index (χ4n) is 4.38. The van der Waals surface area contributed by atoms with Gasteiger partial charge in [0.25, 0.3) is 11.3 Å². The molecule has 186 valence electrons. The Morgan fingerprint density at radius 3 is 2.67 bits per heavy atom. The number of nitrogens with zero attached hydrogens (tertiary/aromatic N) is 3. The second-order valence-corrected chi connectivity index (χ2v) is 9.80. The molecular weight excluding hydrogens is 474 g/mol. The summed E-state index contributed by atoms with van der Waals surface area (Å²) in [6.07, 6.45) is 5.31. The minimum Gasteiger partial charge on any atom is -0.494 e. The zero-order valence-corrected chi connectivity index (χ0v) is 20.9. The van der Waals surface area contributed by atoms with Crippen molar-refractivity contribution in [1.82, 2.24) is 15.3 Å². The van der Waals surface area contributed by atoms with E-state index in [9.17, 15) is 8.76 Å². The first-order valence-electron chi connectivity index (χ1n) is 12.0. The summed E-state index contributed by atoms with van der Waals surface area (Å²) in [7, 11) is 1.57. The lowest BCUT2D eigenvalue weighted by Crippen LogP contribution is -2.23. The van der Waals surface area contributed by atoms with Gasteiger partial charge in [-0.1, -0.05) is 30.3 Å². The second-order valence-electron chi connectivity index (χ2n) is 8.79. The molecule has 0 amide bonds. The van der Waals surface area contributed by atoms with Crippen molar-refractivity contribution in [2.75, 3.05) is 29.8 Å². The summed E-state index contributed by atoms with van der Waals surface area (Å²) in [5.74, 6) is 1.35. The van der Waals surface area contributed by atoms with E-state index >= 15 is 0 Å². The van der Waals surface area contributed by atoms with Crippen LogP contribution in [0.15, 0.2) is 72.9 Å². The highest BCUT2D eigenvalue weighted by Crippen LogP contribution is 2.30. The second kappa shape index (κ2) is 11.0. The van der Waals surface area contributed by atoms with Crippen molar-refractivity contribution in [1.29, 1.82) is 0 Å². The summed E-state index contributed by atoms with van der Waals surface area (Å²) in [6, 6.07) is 21.8. The van der Waals surface area contributed by atoms with Gasteiger partial charge in [-0.15, -0.1) is 0 Å². The van der Waals surface area contributed by atoms with Gasteiger partial charge in [0.05, 0.1) is 17.8 Å². The number of fused-ring (bicyclic) bond motifs is 1. The highest BCUT2D eigenvalue weighted by Gasteiger charge is 2.14. The van der Waals surface area contributed by atoms with Crippen molar-refractivity contribution < 1.29 is 13.5 Å². The molecule has 9 heteroatoms. The molecular formula is C27H29N5O3S. The molecule has 36 heavy (non-hydrogen) atoms. The van der Waals surface area contributed by atoms with Gasteiger partial charge in [-0.3, -0.25) is 8.86 Å². The number of rotatable bonds is 9. The molecule has 3 aromatic carbocycles. The molecule has 0 bridgehead atoms. The zero-order valence-electron chi connectivity index (χ0n) is 20.1. The Morgan fingerprint density at radius 2 is 1.94 bits per heavy atom. The number of aromatic nitrogens is 2. The van der Waals surface area contributed by atoms with E-state index in [1.54, 1.807) is 13.2 Å². The summed E-state index contributed by atoms with van der Waals surface area (Å²) in [5, 5.41) is 7.70. The van der Waals surface area contributed by atoms with Gasteiger partial charge in [0.2, 0.25) is 5.95 Å². The lowest BCUT2D eigenvalue weighted by atomic mass is 10.0. The fourth-order valence-corrected chi connectivity index (χ4v) is 4.68. The molecule has 1 aromatic heterocycles. The standard InChI is InChI=1S/C27H29N5O3S/c1-32(36(33)34)23-11-7-19(8-12-23)25-6-2-4-20-18-29-27(31-26(20)25)30-22-9-13-24(14-10-22)35-17-15-21-5-3-16-28-21/h2,4,6-14,18,21,28H,3,5,15-17H2,1H3,(H,33,34)(H,29,30,31). The smallest absolute Gasteiger partial charge is 0.261 e. The Labute approximate surface area is 213 Å². The number of hydrogen-bond acceptors (Lipinski definition) is 6. The first-order valence-corrected chi connectivity index (χ1v) is 13.1. The van der Waals surface area contributed by atoms with E-state index in [1.807, 2.05) is 66.7 Å². The van der Waals surface area contributed by atoms with Gasteiger partial charge in [-0.2, -0.15) is 0 Å². The van der Waals surface area contributed by atoms with E-state index in [0.717, 1.165) is 46.4 Å². The molecule has 0 radical (unpaired) electrons. The van der Waals surface area contributed by atoms with Crippen molar-refractivity contribution in [3.8, 4) is 16.9 Å². The third kappa shape index (κ3) is 5.64. The van der Waals surface area contributed by atoms with E-state index in [1.165, 1.54) is 17.1 Å². The van der Waals surface area contributed by atoms with E-state index in [4.69, 9.17) is 9.72 Å². The Hall–Kier alpha value is -3.53. The van der Waals surface area contributed by atoms with Gasteiger partial charge >= 0.3 is 0 Å². The van der Waals surface area contributed by atoms with Gasteiger partial charge in [-0.05, 0) is 67.8 Å². The van der Waals surface area contributed by atoms with Crippen LogP contribution in [0.3, 0.4) is 0 Å². The predicted molar refractivity (Wildman–Crippen MR) is 145 cm³/mol. The molecule has 3 N–H and O–H groups in total. The summed E-state index contributed by atoms with van der Waals surface area (Å²) in [4.78, 5) is 9.27. The third-order valence-electron chi connectivity index (χ3n) is 6.39. The molecule has 5 rings (SSSR count). The Kier molecular flexibility index (Phi) is 7.41. The SMILES string of the molecule is CN(c1ccc(-c2cccc3cnc(Nc4ccc(OCCC5CCCN5)cc4)nc23)cc1)S(=O)O. The molecule has 2 heterocycles. The Morgan fingerprint density at radius 1 is 1.14 bits per heavy atom. The molecule has 0 saturated carbocycles. The molecule has 8 nitrogen and oxygen atoms in total. The van der Waals surface area contributed by atoms with Crippen molar-refractivity contribution in [3.05, 3.63) is 72.9 Å². The quantitative estimate of drug-likeness (QED) is 0.272. The van der Waals surface area contributed by atoms with Crippen LogP contribution in [0, 0.1) is 0 Å². The van der Waals surface area contributed by atoms with Crippen LogP contribution >= 0.6 is 0 Å². The summed E-state index contributed by atoms with van der Waals surface area (Å²) in [5.41, 5.74) is 4.26. The number of ether oxygens (including phenoxy) is 1. The summed E-state index contributed by atoms with van der Waals surface area (Å²) < 4.78 is 27.8. The van der Waals surface area contributed by atoms with E-state index in [0.29, 0.717) is 24.3 Å². The molecule has 1 aliphatic heterocycles. The molecule has 1 aliphatic rings. The molecule has 0 aliphatic carbocycles. The van der Waals surface area contributed by atoms with Crippen LogP contribution < -0.4 is 19.7 Å². The largest absolute Gasteiger partial charge is 0.494 e. The highest BCUT2D eigenvalue weighted by molar-refractivity contribution is 7.80. The monoisotopic (exact) mass is 503 g/mol. The van der Waals surface area contributed by atoms with E-state index in [2.05, 4.69) is 15.6 Å². The van der Waals surface area contributed by atoms with Crippen LogP contribution in [0.5, 0.6) is 5.75 Å². The predicted octanol–water partition coefficient (Wildman–Crippen LogP) is 5.13. The van der Waals surface area contributed by atoms with Crippen molar-refractivity contribution >= 4 is 39.5 Å². The van der Waals surface area contributed by atoms with E-state index in [-0.39, 0.29) is 0 Å². The third-order valence-corrected chi connectivity index (χ3v) is 7.07. The lowest BCUT2D eigenvalue weighted by Gasteiger charge is -2.14. The van der Waals surface area contributed by atoms with E-state index < -0.39 is 11.3 Å². The zero-order chi connectivity index (χ0) is 24.9. The lowest BCUT2D eigenvalue weighted by molar-refractivity contribution is 0.292. The first kappa shape index (κ1) is 24.2. The number of para-hydroxylation sites is 1. The van der Waals surface area contributed by atoms with Crippen LogP contribution in [0.4, 0.5) is 17.3 Å². The van der Waals surface area contributed by atoms with Crippen LogP contribution in [0.1, 0.15) is 19.3 Å². The van der Waals surface area contributed by atoms with Gasteiger partial charge in [-0.25, -0.2) is 14.2 Å². The minimum absolute atomic E-state index is 0.503. The van der Waals surface area contributed by atoms with Crippen molar-refractivity contribution in [2.24, 2.45) is 0 Å². The van der Waals surface area contributed by atoms with Gasteiger partial charge < -0.3 is 15.4 Å². The molecule has 1 saturated heterocycles. The minimum atomic E-state index is -2.07. The van der Waals surface area contributed by atoms with Gasteiger partial charge in [0.15, 0.2) is 0 Å². The molecule has 1 fully saturated rings. The maximum atomic E-state index is 11.3. The Balaban J connectivity index is 1.30. The number of anilines is 3. The maximum absolute atomic E-state index is 11.3. The van der Waals surface area contributed by atoms with Crippen LogP contribution in [0.25, 0.3) is 22.0 Å². The maximum Gasteiger partial charge on any atom is 0.261 e. The van der Waals surface area contributed by atoms with Crippen LogP contribution in [0.2, 0.25) is 0 Å². The molecule has 0 spiro atoms. The highest BCUT2D eigenvalue weighted by atomic mass is 32.2. The normalized spacial score (nSPS) is 16.1. The summed E-state index contributed by atoms with van der Waals surface area (Å²) >= 11 is -2.07. The van der Waals surface area contributed by atoms with Gasteiger partial charge in [0, 0.05) is 35.9 Å². The Bertz CT molecular complexity index is 1340. The average molecular weight is 504 g/mol. The number of benzene rings is 3. The van der Waals surface area contributed by atoms with Gasteiger partial charge in [0.1, 0.15) is 5.75 Å². The van der Waals surface area contributed by atoms with Crippen molar-refractivity contribution in [3.63, 3.8) is 0 Å². The molecule has 4 aromatic rings. The van der Waals surface area contributed by atoms with Crippen molar-refractivity contribution in [2.45, 2.75) is 25.3 Å². The number of hydrogen-bond donors (Lipinski definition) is 3. The van der Waals surface area contributed by atoms with Crippen LogP contribution in [-0.2, 0) is 11.3 Å². The molecule has 2 atom stereocenters. The fraction of sp³-hybridized carbons (Fsp3) is 0.259.